The maximum atomic E-state index is 12.9. The Kier molecular flexibility index (Phi) is 4.61. The summed E-state index contributed by atoms with van der Waals surface area (Å²) in [4.78, 5) is 31.7. The van der Waals surface area contributed by atoms with E-state index in [1.807, 2.05) is 0 Å². The Morgan fingerprint density at radius 2 is 1.79 bits per heavy atom. The van der Waals surface area contributed by atoms with Gasteiger partial charge in [-0.25, -0.2) is 13.2 Å². The first-order valence-corrected chi connectivity index (χ1v) is 9.87. The zero-order chi connectivity index (χ0) is 20.4. The molecule has 2 aromatic heterocycles. The summed E-state index contributed by atoms with van der Waals surface area (Å²) in [5, 5.41) is 0.0485. The van der Waals surface area contributed by atoms with E-state index in [1.165, 1.54) is 24.4 Å². The van der Waals surface area contributed by atoms with Gasteiger partial charge in [0.05, 0.1) is 27.7 Å². The zero-order valence-corrected chi connectivity index (χ0v) is 15.6. The van der Waals surface area contributed by atoms with Crippen LogP contribution in [0.3, 0.4) is 0 Å². The van der Waals surface area contributed by atoms with Crippen LogP contribution in [0.1, 0.15) is 0 Å². The lowest BCUT2D eigenvalue weighted by molar-refractivity contribution is 0.482. The summed E-state index contributed by atoms with van der Waals surface area (Å²) in [5.74, 6) is 0.729. The Morgan fingerprint density at radius 3 is 2.59 bits per heavy atom. The molecule has 9 nitrogen and oxygen atoms in total. The number of benzene rings is 2. The molecule has 0 spiro atoms. The Bertz CT molecular complexity index is 1410. The van der Waals surface area contributed by atoms with E-state index < -0.39 is 21.3 Å². The maximum Gasteiger partial charge on any atom is 0.326 e. The van der Waals surface area contributed by atoms with Crippen LogP contribution in [-0.2, 0) is 10.0 Å². The van der Waals surface area contributed by atoms with Gasteiger partial charge in [-0.05, 0) is 42.5 Å². The van der Waals surface area contributed by atoms with E-state index in [4.69, 9.17) is 4.74 Å². The number of anilines is 1. The number of pyridine rings is 1. The molecule has 0 fully saturated rings. The molecule has 3 N–H and O–H groups in total. The van der Waals surface area contributed by atoms with Crippen LogP contribution in [0, 0.1) is 0 Å². The van der Waals surface area contributed by atoms with Gasteiger partial charge < -0.3 is 9.72 Å². The van der Waals surface area contributed by atoms with Gasteiger partial charge in [0.25, 0.3) is 15.6 Å². The first kappa shape index (κ1) is 18.4. The van der Waals surface area contributed by atoms with Crippen LogP contribution in [0.5, 0.6) is 11.5 Å². The van der Waals surface area contributed by atoms with Crippen molar-refractivity contribution in [2.75, 3.05) is 4.72 Å². The van der Waals surface area contributed by atoms with Gasteiger partial charge in [0, 0.05) is 6.20 Å². The van der Waals surface area contributed by atoms with E-state index in [1.54, 1.807) is 42.6 Å². The van der Waals surface area contributed by atoms with Crippen LogP contribution in [0.25, 0.3) is 10.9 Å². The molecule has 0 bridgehead atoms. The highest BCUT2D eigenvalue weighted by atomic mass is 32.2. The Labute approximate surface area is 164 Å². The predicted molar refractivity (Wildman–Crippen MR) is 107 cm³/mol. The first-order valence-electron chi connectivity index (χ1n) is 8.38. The highest BCUT2D eigenvalue weighted by molar-refractivity contribution is 7.92. The second-order valence-electron chi connectivity index (χ2n) is 6.01. The van der Waals surface area contributed by atoms with E-state index in [0.717, 1.165) is 0 Å². The van der Waals surface area contributed by atoms with Crippen LogP contribution in [-0.4, -0.2) is 23.4 Å². The smallest absolute Gasteiger partial charge is 0.326 e. The number of ether oxygens (including phenoxy) is 1. The minimum atomic E-state index is -4.04. The largest absolute Gasteiger partial charge is 0.454 e. The number of sulfonamides is 1. The van der Waals surface area contributed by atoms with Crippen LogP contribution >= 0.6 is 0 Å². The molecule has 146 valence electrons. The lowest BCUT2D eigenvalue weighted by Crippen LogP contribution is -2.22. The summed E-state index contributed by atoms with van der Waals surface area (Å²) in [7, 11) is -4.04. The van der Waals surface area contributed by atoms with Crippen LogP contribution in [0.15, 0.2) is 81.5 Å². The monoisotopic (exact) mass is 410 g/mol. The molecule has 4 aromatic rings. The van der Waals surface area contributed by atoms with Gasteiger partial charge in [0.15, 0.2) is 5.75 Å². The van der Waals surface area contributed by atoms with Crippen molar-refractivity contribution in [3.63, 3.8) is 0 Å². The Hall–Kier alpha value is -3.92. The summed E-state index contributed by atoms with van der Waals surface area (Å²) in [6.45, 7) is 0. The quantitative estimate of drug-likeness (QED) is 0.462. The highest BCUT2D eigenvalue weighted by Gasteiger charge is 2.18. The number of hydrogen-bond acceptors (Lipinski definition) is 6. The van der Waals surface area contributed by atoms with Gasteiger partial charge in [-0.3, -0.25) is 19.5 Å². The van der Waals surface area contributed by atoms with Gasteiger partial charge in [-0.15, -0.1) is 0 Å². The van der Waals surface area contributed by atoms with Gasteiger partial charge in [0.1, 0.15) is 5.75 Å². The van der Waals surface area contributed by atoms with Crippen molar-refractivity contribution < 1.29 is 13.2 Å². The van der Waals surface area contributed by atoms with Gasteiger partial charge >= 0.3 is 5.69 Å². The fraction of sp³-hybridized carbons (Fsp3) is 0. The number of hydrogen-bond donors (Lipinski definition) is 3. The van der Waals surface area contributed by atoms with E-state index >= 15 is 0 Å². The summed E-state index contributed by atoms with van der Waals surface area (Å²) in [6.07, 6.45) is 3.10. The molecule has 0 radical (unpaired) electrons. The molecule has 10 heteroatoms. The fourth-order valence-electron chi connectivity index (χ4n) is 2.69. The van der Waals surface area contributed by atoms with E-state index in [2.05, 4.69) is 19.7 Å². The fourth-order valence-corrected chi connectivity index (χ4v) is 3.79. The third-order valence-electron chi connectivity index (χ3n) is 4.01. The number of para-hydroxylation sites is 2. The number of nitrogens with one attached hydrogen (secondary N) is 3. The molecule has 0 saturated carbocycles. The van der Waals surface area contributed by atoms with E-state index in [9.17, 15) is 18.0 Å². The average Bonchev–Trinajstić information content (AvgIpc) is 2.70. The SMILES string of the molecule is O=c1[nH]c(=O)c2cc(S(=O)(=O)Nc3ccccc3Oc3cccnc3)ccc2[nH]1. The molecule has 4 rings (SSSR count). The van der Waals surface area contributed by atoms with Crippen molar-refractivity contribution >= 4 is 26.6 Å². The summed E-state index contributed by atoms with van der Waals surface area (Å²) in [6, 6.07) is 13.8. The number of nitrogens with zero attached hydrogens (tertiary/aromatic N) is 1. The minimum Gasteiger partial charge on any atom is -0.454 e. The van der Waals surface area contributed by atoms with Gasteiger partial charge in [-0.1, -0.05) is 12.1 Å². The van der Waals surface area contributed by atoms with Crippen LogP contribution < -0.4 is 20.7 Å². The summed E-state index contributed by atoms with van der Waals surface area (Å²) < 4.78 is 33.9. The molecule has 0 saturated heterocycles. The molecular weight excluding hydrogens is 396 g/mol. The maximum absolute atomic E-state index is 12.9. The van der Waals surface area contributed by atoms with Crippen molar-refractivity contribution in [2.45, 2.75) is 4.90 Å². The second kappa shape index (κ2) is 7.24. The normalized spacial score (nSPS) is 11.3. The summed E-state index contributed by atoms with van der Waals surface area (Å²) in [5.41, 5.74) is -0.899. The molecular formula is C19H14N4O5S. The van der Waals surface area contributed by atoms with Crippen molar-refractivity contribution in [3.8, 4) is 11.5 Å². The van der Waals surface area contributed by atoms with Crippen molar-refractivity contribution in [3.05, 3.63) is 87.8 Å². The molecule has 0 unspecified atom stereocenters. The van der Waals surface area contributed by atoms with Crippen molar-refractivity contribution in [1.82, 2.24) is 15.0 Å². The molecule has 29 heavy (non-hydrogen) atoms. The standard InChI is InChI=1S/C19H14N4O5S/c24-18-14-10-13(7-8-15(14)21-19(25)22-18)29(26,27)23-16-5-1-2-6-17(16)28-12-4-3-9-20-11-12/h1-11,23H,(H2,21,22,24,25). The number of aromatic nitrogens is 3. The molecule has 0 amide bonds. The first-order chi connectivity index (χ1) is 13.9. The molecule has 0 aliphatic heterocycles. The van der Waals surface area contributed by atoms with Crippen LogP contribution in [0.2, 0.25) is 0 Å². The average molecular weight is 410 g/mol. The minimum absolute atomic E-state index is 0.0485. The van der Waals surface area contributed by atoms with Crippen LogP contribution in [0.4, 0.5) is 5.69 Å². The number of H-pyrrole nitrogens is 2. The molecule has 0 aliphatic rings. The number of rotatable bonds is 5. The lowest BCUT2D eigenvalue weighted by atomic mass is 10.2. The van der Waals surface area contributed by atoms with E-state index in [-0.39, 0.29) is 27.2 Å². The third kappa shape index (κ3) is 3.87. The highest BCUT2D eigenvalue weighted by Crippen LogP contribution is 2.30. The molecule has 0 aliphatic carbocycles. The summed E-state index contributed by atoms with van der Waals surface area (Å²) >= 11 is 0. The topological polar surface area (TPSA) is 134 Å². The zero-order valence-electron chi connectivity index (χ0n) is 14.7. The van der Waals surface area contributed by atoms with Crippen molar-refractivity contribution in [2.24, 2.45) is 0 Å². The predicted octanol–water partition coefficient (Wildman–Crippen LogP) is 2.20. The third-order valence-corrected chi connectivity index (χ3v) is 5.38. The molecule has 0 atom stereocenters. The lowest BCUT2D eigenvalue weighted by Gasteiger charge is -2.13. The van der Waals surface area contributed by atoms with Gasteiger partial charge in [-0.2, -0.15) is 0 Å². The van der Waals surface area contributed by atoms with E-state index in [0.29, 0.717) is 5.75 Å². The Morgan fingerprint density at radius 1 is 0.966 bits per heavy atom. The van der Waals surface area contributed by atoms with Crippen molar-refractivity contribution in [1.29, 1.82) is 0 Å². The molecule has 2 heterocycles. The number of fused-ring (bicyclic) bond motifs is 1. The Balaban J connectivity index is 1.70. The second-order valence-corrected chi connectivity index (χ2v) is 7.69. The molecule has 2 aromatic carbocycles. The van der Waals surface area contributed by atoms with Gasteiger partial charge in [0.2, 0.25) is 0 Å². The number of aromatic amines is 2.